The number of aliphatic imine (C=N–C) groups is 1. The number of guanidine groups is 1. The molecule has 27 heavy (non-hydrogen) atoms. The van der Waals surface area contributed by atoms with Gasteiger partial charge in [-0.15, -0.1) is 0 Å². The van der Waals surface area contributed by atoms with E-state index in [2.05, 4.69) is 26.2 Å². The molecule has 0 spiro atoms. The van der Waals surface area contributed by atoms with Gasteiger partial charge in [-0.3, -0.25) is 4.79 Å². The number of carbonyl (C=O) groups is 1. The molecule has 3 N–H and O–H groups in total. The van der Waals surface area contributed by atoms with Crippen LogP contribution in [-0.2, 0) is 6.54 Å². The lowest BCUT2D eigenvalue weighted by Gasteiger charge is -2.37. The number of hydrogen-bond acceptors (Lipinski definition) is 4. The summed E-state index contributed by atoms with van der Waals surface area (Å²) < 4.78 is 5.40. The van der Waals surface area contributed by atoms with Gasteiger partial charge in [0, 0.05) is 43.4 Å². The monoisotopic (exact) mass is 389 g/mol. The van der Waals surface area contributed by atoms with Crippen LogP contribution < -0.4 is 16.0 Å². The average Bonchev–Trinajstić information content (AvgIpc) is 3.15. The summed E-state index contributed by atoms with van der Waals surface area (Å²) >= 11 is 6.10. The molecule has 0 unspecified atom stereocenters. The molecule has 2 heterocycles. The molecule has 3 rings (SSSR count). The van der Waals surface area contributed by atoms with Gasteiger partial charge in [-0.25, -0.2) is 4.99 Å². The third-order valence-corrected chi connectivity index (χ3v) is 4.61. The lowest BCUT2D eigenvalue weighted by Crippen LogP contribution is -2.52. The van der Waals surface area contributed by atoms with Gasteiger partial charge in [0.1, 0.15) is 12.3 Å². The highest BCUT2D eigenvalue weighted by Gasteiger charge is 2.20. The summed E-state index contributed by atoms with van der Waals surface area (Å²) in [6.45, 7) is 6.64. The Morgan fingerprint density at radius 1 is 1.26 bits per heavy atom. The minimum atomic E-state index is -0.575. The average molecular weight is 390 g/mol. The minimum Gasteiger partial charge on any atom is -0.454 e. The highest BCUT2D eigenvalue weighted by atomic mass is 35.5. The van der Waals surface area contributed by atoms with Crippen LogP contribution in [0.15, 0.2) is 45.8 Å². The maximum atomic E-state index is 11.1. The fourth-order valence-corrected chi connectivity index (χ4v) is 3.21. The van der Waals surface area contributed by atoms with Crippen molar-refractivity contribution >= 4 is 29.2 Å². The maximum Gasteiger partial charge on any atom is 0.284 e. The van der Waals surface area contributed by atoms with Crippen LogP contribution in [0, 0.1) is 0 Å². The molecular formula is C19H24ClN5O2. The Morgan fingerprint density at radius 2 is 2.04 bits per heavy atom. The molecule has 0 radical (unpaired) electrons. The van der Waals surface area contributed by atoms with E-state index in [0.717, 1.165) is 49.4 Å². The molecule has 1 aliphatic heterocycles. The Labute approximate surface area is 163 Å². The molecule has 0 bridgehead atoms. The molecule has 1 aliphatic rings. The van der Waals surface area contributed by atoms with E-state index in [1.54, 1.807) is 12.1 Å². The first-order valence-electron chi connectivity index (χ1n) is 8.99. The Morgan fingerprint density at radius 3 is 2.67 bits per heavy atom. The zero-order valence-electron chi connectivity index (χ0n) is 15.3. The standard InChI is InChI=1S/C19H24ClN5O2/c1-2-22-19(23-13-16-6-7-17(27-16)18(21)26)25-10-8-24(9-11-25)15-5-3-4-14(20)12-15/h3-7,12H,2,8-11,13H2,1H3,(H2,21,26)(H,22,23). The van der Waals surface area contributed by atoms with Gasteiger partial charge in [-0.1, -0.05) is 17.7 Å². The van der Waals surface area contributed by atoms with E-state index in [4.69, 9.17) is 21.8 Å². The van der Waals surface area contributed by atoms with Crippen molar-refractivity contribution in [3.63, 3.8) is 0 Å². The van der Waals surface area contributed by atoms with E-state index in [0.29, 0.717) is 12.3 Å². The van der Waals surface area contributed by atoms with Crippen molar-refractivity contribution in [2.45, 2.75) is 13.5 Å². The molecule has 0 saturated carbocycles. The van der Waals surface area contributed by atoms with Crippen molar-refractivity contribution in [3.05, 3.63) is 52.9 Å². The molecule has 7 nitrogen and oxygen atoms in total. The first kappa shape index (κ1) is 19.1. The van der Waals surface area contributed by atoms with E-state index in [1.807, 2.05) is 25.1 Å². The number of nitrogens with one attached hydrogen (secondary N) is 1. The van der Waals surface area contributed by atoms with Gasteiger partial charge in [0.2, 0.25) is 0 Å². The van der Waals surface area contributed by atoms with E-state index in [1.165, 1.54) is 0 Å². The van der Waals surface area contributed by atoms with Gasteiger partial charge in [0.15, 0.2) is 11.7 Å². The van der Waals surface area contributed by atoms with Crippen LogP contribution in [0.5, 0.6) is 0 Å². The Hall–Kier alpha value is -2.67. The van der Waals surface area contributed by atoms with Gasteiger partial charge in [-0.05, 0) is 37.3 Å². The third kappa shape index (κ3) is 4.95. The van der Waals surface area contributed by atoms with Crippen molar-refractivity contribution in [1.29, 1.82) is 0 Å². The van der Waals surface area contributed by atoms with E-state index in [9.17, 15) is 4.79 Å². The molecule has 1 fully saturated rings. The number of hydrogen-bond donors (Lipinski definition) is 2. The van der Waals surface area contributed by atoms with Crippen LogP contribution in [0.1, 0.15) is 23.2 Å². The second kappa shape index (κ2) is 8.81. The summed E-state index contributed by atoms with van der Waals surface area (Å²) in [6.07, 6.45) is 0. The number of nitrogens with zero attached hydrogens (tertiary/aromatic N) is 3. The van der Waals surface area contributed by atoms with Crippen LogP contribution in [0.2, 0.25) is 5.02 Å². The molecule has 1 aromatic carbocycles. The fourth-order valence-electron chi connectivity index (χ4n) is 3.02. The number of nitrogens with two attached hydrogens (primary N) is 1. The third-order valence-electron chi connectivity index (χ3n) is 4.38. The van der Waals surface area contributed by atoms with Crippen LogP contribution in [-0.4, -0.2) is 49.5 Å². The number of furan rings is 1. The van der Waals surface area contributed by atoms with Crippen molar-refractivity contribution in [2.75, 3.05) is 37.6 Å². The molecule has 2 aromatic rings. The van der Waals surface area contributed by atoms with Crippen LogP contribution in [0.3, 0.4) is 0 Å². The molecule has 1 amide bonds. The zero-order valence-corrected chi connectivity index (χ0v) is 16.1. The number of piperazine rings is 1. The molecular weight excluding hydrogens is 366 g/mol. The number of rotatable bonds is 5. The molecule has 0 atom stereocenters. The summed E-state index contributed by atoms with van der Waals surface area (Å²) in [5, 5.41) is 4.07. The number of amides is 1. The van der Waals surface area contributed by atoms with E-state index >= 15 is 0 Å². The van der Waals surface area contributed by atoms with Gasteiger partial charge in [0.25, 0.3) is 5.91 Å². The van der Waals surface area contributed by atoms with Crippen LogP contribution >= 0.6 is 11.6 Å². The second-order valence-corrected chi connectivity index (χ2v) is 6.69. The number of primary amides is 1. The van der Waals surface area contributed by atoms with Gasteiger partial charge < -0.3 is 25.3 Å². The highest BCUT2D eigenvalue weighted by Crippen LogP contribution is 2.21. The molecule has 144 valence electrons. The van der Waals surface area contributed by atoms with E-state index < -0.39 is 5.91 Å². The maximum absolute atomic E-state index is 11.1. The molecule has 8 heteroatoms. The number of benzene rings is 1. The van der Waals surface area contributed by atoms with E-state index in [-0.39, 0.29) is 5.76 Å². The molecule has 0 aliphatic carbocycles. The van der Waals surface area contributed by atoms with Crippen molar-refractivity contribution in [3.8, 4) is 0 Å². The molecule has 1 saturated heterocycles. The van der Waals surface area contributed by atoms with Crippen LogP contribution in [0.25, 0.3) is 0 Å². The second-order valence-electron chi connectivity index (χ2n) is 6.25. The number of anilines is 1. The highest BCUT2D eigenvalue weighted by molar-refractivity contribution is 6.30. The van der Waals surface area contributed by atoms with Gasteiger partial charge in [-0.2, -0.15) is 0 Å². The number of carbonyl (C=O) groups excluding carboxylic acids is 1. The Balaban J connectivity index is 1.62. The van der Waals surface area contributed by atoms with Crippen LogP contribution in [0.4, 0.5) is 5.69 Å². The SMILES string of the molecule is CCNC(=NCc1ccc(C(N)=O)o1)N1CCN(c2cccc(Cl)c2)CC1. The van der Waals surface area contributed by atoms with Gasteiger partial charge >= 0.3 is 0 Å². The predicted molar refractivity (Wildman–Crippen MR) is 107 cm³/mol. The first-order valence-corrected chi connectivity index (χ1v) is 9.37. The quantitative estimate of drug-likeness (QED) is 0.605. The summed E-state index contributed by atoms with van der Waals surface area (Å²) in [5.41, 5.74) is 6.35. The lowest BCUT2D eigenvalue weighted by atomic mass is 10.2. The lowest BCUT2D eigenvalue weighted by molar-refractivity contribution is 0.0972. The fraction of sp³-hybridized carbons (Fsp3) is 0.368. The van der Waals surface area contributed by atoms with Crippen molar-refractivity contribution in [1.82, 2.24) is 10.2 Å². The topological polar surface area (TPSA) is 87.1 Å². The van der Waals surface area contributed by atoms with Crippen molar-refractivity contribution < 1.29 is 9.21 Å². The normalized spacial score (nSPS) is 15.1. The smallest absolute Gasteiger partial charge is 0.284 e. The summed E-state index contributed by atoms with van der Waals surface area (Å²) in [6, 6.07) is 11.2. The minimum absolute atomic E-state index is 0.153. The summed E-state index contributed by atoms with van der Waals surface area (Å²) in [4.78, 5) is 20.3. The first-order chi connectivity index (χ1) is 13.1. The largest absolute Gasteiger partial charge is 0.454 e. The summed E-state index contributed by atoms with van der Waals surface area (Å²) in [5.74, 6) is 1.02. The predicted octanol–water partition coefficient (Wildman–Crippen LogP) is 2.32. The van der Waals surface area contributed by atoms with Gasteiger partial charge in [0.05, 0.1) is 0 Å². The van der Waals surface area contributed by atoms with Crippen molar-refractivity contribution in [2.24, 2.45) is 10.7 Å². The zero-order chi connectivity index (χ0) is 19.2. The Bertz CT molecular complexity index is 812. The Kier molecular flexibility index (Phi) is 6.24. The summed E-state index contributed by atoms with van der Waals surface area (Å²) in [7, 11) is 0. The molecule has 1 aromatic heterocycles. The number of halogens is 1.